The lowest BCUT2D eigenvalue weighted by atomic mass is 9.93. The SMILES string of the molecule is CCCCc1ncc(C(=O)NCc2ccccn2)n1Cc1ccc(-c2cc(-c3ccccc3)ccc2-c2nn[nH]n2)cc1. The standard InChI is InChI=1S/C34H32N8O/c1-2-3-12-32-36-22-31(34(43)37-21-28-11-7-8-19-35-28)42(32)23-24-13-15-26(16-14-24)30-20-27(25-9-5-4-6-10-25)17-18-29(30)33-38-40-41-39-33/h4-11,13-20,22H,2-3,12,21,23H2,1H3,(H,37,43)(H,38,39,40,41). The molecule has 9 heteroatoms. The monoisotopic (exact) mass is 568 g/mol. The van der Waals surface area contributed by atoms with Gasteiger partial charge in [0.25, 0.3) is 5.91 Å². The zero-order chi connectivity index (χ0) is 29.4. The third-order valence-corrected chi connectivity index (χ3v) is 7.40. The summed E-state index contributed by atoms with van der Waals surface area (Å²) in [5, 5.41) is 17.8. The van der Waals surface area contributed by atoms with Crippen LogP contribution in [0.2, 0.25) is 0 Å². The maximum Gasteiger partial charge on any atom is 0.269 e. The van der Waals surface area contributed by atoms with Crippen LogP contribution in [0.3, 0.4) is 0 Å². The third kappa shape index (κ3) is 6.41. The first-order valence-electron chi connectivity index (χ1n) is 14.4. The summed E-state index contributed by atoms with van der Waals surface area (Å²) in [5.41, 5.74) is 7.59. The van der Waals surface area contributed by atoms with Crippen LogP contribution in [0, 0.1) is 0 Å². The molecule has 0 spiro atoms. The molecule has 43 heavy (non-hydrogen) atoms. The Kier molecular flexibility index (Phi) is 8.40. The van der Waals surface area contributed by atoms with E-state index in [0.29, 0.717) is 24.6 Å². The van der Waals surface area contributed by atoms with Gasteiger partial charge in [0.2, 0.25) is 5.82 Å². The van der Waals surface area contributed by atoms with Crippen molar-refractivity contribution in [1.82, 2.24) is 40.5 Å². The summed E-state index contributed by atoms with van der Waals surface area (Å²) in [5.74, 6) is 1.28. The number of hydrogen-bond donors (Lipinski definition) is 2. The number of hydrogen-bond acceptors (Lipinski definition) is 6. The number of nitrogens with one attached hydrogen (secondary N) is 2. The van der Waals surface area contributed by atoms with Crippen LogP contribution in [-0.2, 0) is 19.5 Å². The van der Waals surface area contributed by atoms with E-state index in [1.165, 1.54) is 0 Å². The molecule has 0 aliphatic rings. The average Bonchev–Trinajstić information content (AvgIpc) is 3.74. The molecule has 0 atom stereocenters. The van der Waals surface area contributed by atoms with Crippen LogP contribution >= 0.6 is 0 Å². The number of unbranched alkanes of at least 4 members (excludes halogenated alkanes) is 1. The molecule has 0 radical (unpaired) electrons. The number of H-pyrrole nitrogens is 1. The van der Waals surface area contributed by atoms with Gasteiger partial charge < -0.3 is 9.88 Å². The number of aryl methyl sites for hydroxylation is 1. The summed E-state index contributed by atoms with van der Waals surface area (Å²) in [7, 11) is 0. The first-order chi connectivity index (χ1) is 21.2. The number of rotatable bonds is 11. The second-order valence-corrected chi connectivity index (χ2v) is 10.3. The predicted molar refractivity (Wildman–Crippen MR) is 166 cm³/mol. The molecule has 0 bridgehead atoms. The number of tetrazole rings is 1. The van der Waals surface area contributed by atoms with Crippen LogP contribution in [0.15, 0.2) is 103 Å². The molecule has 0 saturated carbocycles. The average molecular weight is 569 g/mol. The Bertz CT molecular complexity index is 1780. The highest BCUT2D eigenvalue weighted by Gasteiger charge is 2.18. The molecule has 9 nitrogen and oxygen atoms in total. The fourth-order valence-electron chi connectivity index (χ4n) is 5.11. The van der Waals surface area contributed by atoms with E-state index < -0.39 is 0 Å². The molecule has 0 fully saturated rings. The van der Waals surface area contributed by atoms with Gasteiger partial charge in [0, 0.05) is 24.7 Å². The smallest absolute Gasteiger partial charge is 0.269 e. The fourth-order valence-corrected chi connectivity index (χ4v) is 5.11. The Morgan fingerprint density at radius 3 is 2.42 bits per heavy atom. The molecular weight excluding hydrogens is 536 g/mol. The van der Waals surface area contributed by atoms with Crippen LogP contribution in [0.25, 0.3) is 33.6 Å². The number of carbonyl (C=O) groups is 1. The van der Waals surface area contributed by atoms with E-state index in [4.69, 9.17) is 0 Å². The molecule has 0 aliphatic carbocycles. The number of amides is 1. The molecule has 1 amide bonds. The van der Waals surface area contributed by atoms with E-state index in [9.17, 15) is 4.79 Å². The minimum absolute atomic E-state index is 0.167. The van der Waals surface area contributed by atoms with Crippen LogP contribution < -0.4 is 5.32 Å². The van der Waals surface area contributed by atoms with Gasteiger partial charge in [-0.25, -0.2) is 4.98 Å². The highest BCUT2D eigenvalue weighted by molar-refractivity contribution is 5.92. The van der Waals surface area contributed by atoms with Crippen LogP contribution in [0.5, 0.6) is 0 Å². The Hall–Kier alpha value is -5.44. The van der Waals surface area contributed by atoms with E-state index in [0.717, 1.165) is 64.2 Å². The quantitative estimate of drug-likeness (QED) is 0.195. The summed E-state index contributed by atoms with van der Waals surface area (Å²) < 4.78 is 2.03. The van der Waals surface area contributed by atoms with Crippen molar-refractivity contribution in [2.45, 2.75) is 39.3 Å². The van der Waals surface area contributed by atoms with Gasteiger partial charge in [-0.2, -0.15) is 5.21 Å². The number of pyridine rings is 1. The number of aromatic nitrogens is 7. The second-order valence-electron chi connectivity index (χ2n) is 10.3. The van der Waals surface area contributed by atoms with Gasteiger partial charge in [0.05, 0.1) is 18.4 Å². The number of imidazole rings is 1. The minimum atomic E-state index is -0.167. The highest BCUT2D eigenvalue weighted by atomic mass is 16.2. The van der Waals surface area contributed by atoms with Crippen LogP contribution in [-0.4, -0.2) is 41.1 Å². The van der Waals surface area contributed by atoms with Crippen molar-refractivity contribution in [1.29, 1.82) is 0 Å². The van der Waals surface area contributed by atoms with Crippen LogP contribution in [0.1, 0.15) is 47.3 Å². The first kappa shape index (κ1) is 27.7. The molecular formula is C34H32N8O. The summed E-state index contributed by atoms with van der Waals surface area (Å²) in [4.78, 5) is 22.2. The summed E-state index contributed by atoms with van der Waals surface area (Å²) in [6.45, 7) is 3.05. The molecule has 6 aromatic rings. The number of aromatic amines is 1. The van der Waals surface area contributed by atoms with Crippen molar-refractivity contribution >= 4 is 5.91 Å². The van der Waals surface area contributed by atoms with Gasteiger partial charge in [-0.3, -0.25) is 9.78 Å². The molecule has 3 aromatic heterocycles. The first-order valence-corrected chi connectivity index (χ1v) is 14.4. The van der Waals surface area contributed by atoms with Crippen molar-refractivity contribution in [2.24, 2.45) is 0 Å². The largest absolute Gasteiger partial charge is 0.345 e. The van der Waals surface area contributed by atoms with Gasteiger partial charge in [-0.05, 0) is 63.7 Å². The third-order valence-electron chi connectivity index (χ3n) is 7.40. The lowest BCUT2D eigenvalue weighted by Gasteiger charge is -2.14. The summed E-state index contributed by atoms with van der Waals surface area (Å²) >= 11 is 0. The molecule has 0 unspecified atom stereocenters. The predicted octanol–water partition coefficient (Wildman–Crippen LogP) is 6.11. The van der Waals surface area contributed by atoms with E-state index in [-0.39, 0.29) is 5.91 Å². The van der Waals surface area contributed by atoms with Gasteiger partial charge in [-0.1, -0.05) is 80.1 Å². The fraction of sp³-hybridized carbons (Fsp3) is 0.176. The maximum atomic E-state index is 13.2. The van der Waals surface area contributed by atoms with E-state index >= 15 is 0 Å². The normalized spacial score (nSPS) is 11.0. The number of carbonyl (C=O) groups excluding carboxylic acids is 1. The van der Waals surface area contributed by atoms with Gasteiger partial charge in [0.1, 0.15) is 11.5 Å². The molecule has 6 rings (SSSR count). The van der Waals surface area contributed by atoms with E-state index in [1.807, 2.05) is 47.0 Å². The molecule has 2 N–H and O–H groups in total. The van der Waals surface area contributed by atoms with Crippen molar-refractivity contribution in [2.75, 3.05) is 0 Å². The van der Waals surface area contributed by atoms with Gasteiger partial charge in [0.15, 0.2) is 0 Å². The zero-order valence-electron chi connectivity index (χ0n) is 23.9. The molecule has 214 valence electrons. The van der Waals surface area contributed by atoms with Crippen LogP contribution in [0.4, 0.5) is 0 Å². The minimum Gasteiger partial charge on any atom is -0.345 e. The molecule has 0 saturated heterocycles. The Morgan fingerprint density at radius 1 is 0.860 bits per heavy atom. The van der Waals surface area contributed by atoms with Gasteiger partial charge >= 0.3 is 0 Å². The lowest BCUT2D eigenvalue weighted by molar-refractivity contribution is 0.0941. The Morgan fingerprint density at radius 2 is 1.67 bits per heavy atom. The Labute approximate surface area is 250 Å². The summed E-state index contributed by atoms with van der Waals surface area (Å²) in [6, 6.07) is 30.6. The Balaban J connectivity index is 1.28. The molecule has 0 aliphatic heterocycles. The molecule has 3 heterocycles. The second kappa shape index (κ2) is 13.0. The molecule has 3 aromatic carbocycles. The summed E-state index contributed by atoms with van der Waals surface area (Å²) in [6.07, 6.45) is 6.26. The van der Waals surface area contributed by atoms with Crippen molar-refractivity contribution in [3.63, 3.8) is 0 Å². The van der Waals surface area contributed by atoms with E-state index in [1.54, 1.807) is 12.4 Å². The van der Waals surface area contributed by atoms with Crippen molar-refractivity contribution in [3.8, 4) is 33.6 Å². The lowest BCUT2D eigenvalue weighted by Crippen LogP contribution is -2.26. The zero-order valence-corrected chi connectivity index (χ0v) is 23.9. The van der Waals surface area contributed by atoms with Crippen molar-refractivity contribution < 1.29 is 4.79 Å². The van der Waals surface area contributed by atoms with Gasteiger partial charge in [-0.15, -0.1) is 10.2 Å². The van der Waals surface area contributed by atoms with Crippen molar-refractivity contribution in [3.05, 3.63) is 126 Å². The van der Waals surface area contributed by atoms with E-state index in [2.05, 4.69) is 91.4 Å². The maximum absolute atomic E-state index is 13.2. The highest BCUT2D eigenvalue weighted by Crippen LogP contribution is 2.34. The topological polar surface area (TPSA) is 114 Å². The number of nitrogens with zero attached hydrogens (tertiary/aromatic N) is 6. The number of benzene rings is 3.